The van der Waals surface area contributed by atoms with Crippen LogP contribution in [0.3, 0.4) is 0 Å². The molecule has 0 bridgehead atoms. The predicted molar refractivity (Wildman–Crippen MR) is 160 cm³/mol. The lowest BCUT2D eigenvalue weighted by Gasteiger charge is -2.31. The van der Waals surface area contributed by atoms with Gasteiger partial charge in [-0.15, -0.1) is 0 Å². The van der Waals surface area contributed by atoms with E-state index in [0.29, 0.717) is 15.7 Å². The van der Waals surface area contributed by atoms with Gasteiger partial charge in [-0.25, -0.2) is 28.3 Å². The standard InChI is InChI=1S/C29H26Cl2N6O5S/c1-29(13-18-2-4-19(5-3-18)21-14-32-17-33-15-21)27(40)36(24-11-22(30)10-23(31)12-24)28-34-16-25(37(28)29)43(41,42)35-8-6-20(7-9-35)26(38)39/h2-5,10-12,14-17,20H,6-9,13H2,1H3,(H,38,39)/t29-/m1/s1. The molecular weight excluding hydrogens is 615 g/mol. The van der Waals surface area contributed by atoms with Crippen LogP contribution in [-0.4, -0.2) is 62.3 Å². The summed E-state index contributed by atoms with van der Waals surface area (Å²) in [4.78, 5) is 39.7. The van der Waals surface area contributed by atoms with Crippen molar-refractivity contribution in [2.75, 3.05) is 18.0 Å². The Morgan fingerprint density at radius 2 is 1.63 bits per heavy atom. The van der Waals surface area contributed by atoms with Gasteiger partial charge in [0.05, 0.1) is 17.8 Å². The van der Waals surface area contributed by atoms with E-state index in [1.807, 2.05) is 24.3 Å². The molecule has 6 rings (SSSR count). The molecule has 0 aliphatic carbocycles. The molecule has 2 aliphatic heterocycles. The Labute approximate surface area is 257 Å². The first-order chi connectivity index (χ1) is 20.5. The molecule has 2 aromatic heterocycles. The number of aliphatic carboxylic acids is 1. The summed E-state index contributed by atoms with van der Waals surface area (Å²) in [6, 6.07) is 12.2. The number of aromatic nitrogens is 4. The van der Waals surface area contributed by atoms with Crippen molar-refractivity contribution >= 4 is 56.7 Å². The van der Waals surface area contributed by atoms with Crippen LogP contribution in [0.1, 0.15) is 25.3 Å². The number of carboxylic acids is 1. The lowest BCUT2D eigenvalue weighted by atomic mass is 9.91. The minimum atomic E-state index is -4.15. The number of piperidine rings is 1. The molecular formula is C29H26Cl2N6O5S. The maximum Gasteiger partial charge on any atom is 0.306 e. The highest BCUT2D eigenvalue weighted by Gasteiger charge is 2.52. The van der Waals surface area contributed by atoms with Crippen LogP contribution in [0.4, 0.5) is 11.6 Å². The molecule has 0 unspecified atom stereocenters. The first-order valence-corrected chi connectivity index (χ1v) is 15.6. The van der Waals surface area contributed by atoms with E-state index < -0.39 is 33.4 Å². The van der Waals surface area contributed by atoms with Crippen LogP contribution in [0.25, 0.3) is 11.1 Å². The molecule has 1 fully saturated rings. The number of amides is 1. The smallest absolute Gasteiger partial charge is 0.306 e. The van der Waals surface area contributed by atoms with Gasteiger partial charge in [-0.3, -0.25) is 14.2 Å². The van der Waals surface area contributed by atoms with Crippen molar-refractivity contribution < 1.29 is 23.1 Å². The van der Waals surface area contributed by atoms with Gasteiger partial charge in [0.1, 0.15) is 11.9 Å². The van der Waals surface area contributed by atoms with E-state index in [1.54, 1.807) is 31.5 Å². The number of carbonyl (C=O) groups excluding carboxylic acids is 1. The molecule has 0 radical (unpaired) electrons. The van der Waals surface area contributed by atoms with Crippen LogP contribution in [0.2, 0.25) is 10.0 Å². The zero-order valence-corrected chi connectivity index (χ0v) is 25.2. The number of carbonyl (C=O) groups is 2. The highest BCUT2D eigenvalue weighted by atomic mass is 35.5. The second kappa shape index (κ2) is 11.0. The highest BCUT2D eigenvalue weighted by molar-refractivity contribution is 7.89. The van der Waals surface area contributed by atoms with E-state index in [9.17, 15) is 23.1 Å². The van der Waals surface area contributed by atoms with Gasteiger partial charge in [0, 0.05) is 47.5 Å². The van der Waals surface area contributed by atoms with E-state index in [-0.39, 0.29) is 43.3 Å². The summed E-state index contributed by atoms with van der Waals surface area (Å²) >= 11 is 12.6. The molecule has 11 nitrogen and oxygen atoms in total. The summed E-state index contributed by atoms with van der Waals surface area (Å²) in [5, 5.41) is 9.84. The molecule has 2 aromatic carbocycles. The Morgan fingerprint density at radius 1 is 1.00 bits per heavy atom. The van der Waals surface area contributed by atoms with Gasteiger partial charge in [0.15, 0.2) is 5.03 Å². The van der Waals surface area contributed by atoms with Gasteiger partial charge in [0.25, 0.3) is 15.9 Å². The van der Waals surface area contributed by atoms with Crippen LogP contribution in [-0.2, 0) is 31.6 Å². The monoisotopic (exact) mass is 640 g/mol. The van der Waals surface area contributed by atoms with Crippen LogP contribution in [0.5, 0.6) is 0 Å². The first-order valence-electron chi connectivity index (χ1n) is 13.5. The second-order valence-corrected chi connectivity index (χ2v) is 13.5. The third-order valence-corrected chi connectivity index (χ3v) is 10.3. The summed E-state index contributed by atoms with van der Waals surface area (Å²) in [6.07, 6.45) is 6.63. The summed E-state index contributed by atoms with van der Waals surface area (Å²) in [6.45, 7) is 1.77. The number of imidazole rings is 1. The minimum Gasteiger partial charge on any atom is -0.481 e. The molecule has 43 heavy (non-hydrogen) atoms. The van der Waals surface area contributed by atoms with Crippen molar-refractivity contribution in [1.29, 1.82) is 0 Å². The molecule has 1 N–H and O–H groups in total. The molecule has 1 atom stereocenters. The Hall–Kier alpha value is -3.84. The molecule has 2 aliphatic rings. The number of sulfonamides is 1. The van der Waals surface area contributed by atoms with Crippen molar-refractivity contribution in [3.05, 3.63) is 83.0 Å². The number of rotatable bonds is 7. The largest absolute Gasteiger partial charge is 0.481 e. The van der Waals surface area contributed by atoms with Gasteiger partial charge in [0.2, 0.25) is 5.95 Å². The van der Waals surface area contributed by atoms with Gasteiger partial charge >= 0.3 is 5.97 Å². The number of benzene rings is 2. The molecule has 4 heterocycles. The van der Waals surface area contributed by atoms with Gasteiger partial charge in [-0.1, -0.05) is 47.5 Å². The van der Waals surface area contributed by atoms with E-state index in [4.69, 9.17) is 23.2 Å². The van der Waals surface area contributed by atoms with Gasteiger partial charge in [-0.05, 0) is 49.1 Å². The van der Waals surface area contributed by atoms with Crippen LogP contribution in [0.15, 0.2) is 72.4 Å². The van der Waals surface area contributed by atoms with Crippen molar-refractivity contribution in [3.63, 3.8) is 0 Å². The Bertz CT molecular complexity index is 1810. The number of hydrogen-bond donors (Lipinski definition) is 1. The number of fused-ring (bicyclic) bond motifs is 1. The normalized spacial score (nSPS) is 19.5. The number of carboxylic acid groups (broad SMARTS) is 1. The van der Waals surface area contributed by atoms with E-state index in [2.05, 4.69) is 15.0 Å². The molecule has 222 valence electrons. The average molecular weight is 642 g/mol. The molecule has 14 heteroatoms. The zero-order chi connectivity index (χ0) is 30.5. The fourth-order valence-electron chi connectivity index (χ4n) is 5.75. The van der Waals surface area contributed by atoms with Crippen molar-refractivity contribution in [3.8, 4) is 11.1 Å². The Morgan fingerprint density at radius 3 is 2.23 bits per heavy atom. The molecule has 4 aromatic rings. The molecule has 0 saturated carbocycles. The second-order valence-electron chi connectivity index (χ2n) is 10.8. The third kappa shape index (κ3) is 5.18. The fraction of sp³-hybridized carbons (Fsp3) is 0.276. The quantitative estimate of drug-likeness (QED) is 0.305. The summed E-state index contributed by atoms with van der Waals surface area (Å²) < 4.78 is 30.8. The lowest BCUT2D eigenvalue weighted by Crippen LogP contribution is -2.44. The predicted octanol–water partition coefficient (Wildman–Crippen LogP) is 4.77. The minimum absolute atomic E-state index is 0.0444. The maximum atomic E-state index is 14.3. The average Bonchev–Trinajstić information content (AvgIpc) is 3.51. The third-order valence-electron chi connectivity index (χ3n) is 7.98. The van der Waals surface area contributed by atoms with Gasteiger partial charge in [-0.2, -0.15) is 4.31 Å². The summed E-state index contributed by atoms with van der Waals surface area (Å²) in [5.74, 6) is -1.84. The lowest BCUT2D eigenvalue weighted by molar-refractivity contribution is -0.143. The van der Waals surface area contributed by atoms with E-state index in [0.717, 1.165) is 16.7 Å². The molecule has 1 amide bonds. The zero-order valence-electron chi connectivity index (χ0n) is 22.9. The summed E-state index contributed by atoms with van der Waals surface area (Å²) in [5.41, 5.74) is 1.45. The van der Waals surface area contributed by atoms with Crippen molar-refractivity contribution in [2.45, 2.75) is 36.8 Å². The fourth-order valence-corrected chi connectivity index (χ4v) is 7.92. The molecule has 1 saturated heterocycles. The highest BCUT2D eigenvalue weighted by Crippen LogP contribution is 2.45. The van der Waals surface area contributed by atoms with Gasteiger partial charge < -0.3 is 5.11 Å². The Balaban J connectivity index is 1.42. The van der Waals surface area contributed by atoms with Crippen LogP contribution >= 0.6 is 23.2 Å². The van der Waals surface area contributed by atoms with Crippen LogP contribution < -0.4 is 4.90 Å². The SMILES string of the molecule is C[C@@]1(Cc2ccc(-c3cncnc3)cc2)C(=O)N(c2cc(Cl)cc(Cl)c2)c2ncc(S(=O)(=O)N3CCC(C(=O)O)CC3)n21. The summed E-state index contributed by atoms with van der Waals surface area (Å²) in [7, 11) is -4.15. The van der Waals surface area contributed by atoms with Crippen LogP contribution in [0, 0.1) is 5.92 Å². The first kappa shape index (κ1) is 29.2. The maximum absolute atomic E-state index is 14.3. The number of nitrogens with zero attached hydrogens (tertiary/aromatic N) is 6. The number of halogens is 2. The molecule has 0 spiro atoms. The number of hydrogen-bond acceptors (Lipinski definition) is 7. The van der Waals surface area contributed by atoms with E-state index >= 15 is 0 Å². The van der Waals surface area contributed by atoms with Crippen molar-refractivity contribution in [1.82, 2.24) is 23.8 Å². The van der Waals surface area contributed by atoms with E-state index in [1.165, 1.54) is 32.4 Å². The number of anilines is 2. The topological polar surface area (TPSA) is 139 Å². The Kier molecular flexibility index (Phi) is 7.49. The van der Waals surface area contributed by atoms with Crippen molar-refractivity contribution in [2.24, 2.45) is 5.92 Å².